The second kappa shape index (κ2) is 6.40. The van der Waals surface area contributed by atoms with Crippen molar-refractivity contribution in [3.05, 3.63) is 42.1 Å². The van der Waals surface area contributed by atoms with Gasteiger partial charge in [0.2, 0.25) is 0 Å². The largest absolute Gasteiger partial charge is 0.293 e. The maximum atomic E-state index is 12.3. The van der Waals surface area contributed by atoms with Gasteiger partial charge in [0.05, 0.1) is 11.3 Å². The number of carbonyl (C=O) groups is 1. The van der Waals surface area contributed by atoms with Crippen LogP contribution < -0.4 is 0 Å². The zero-order chi connectivity index (χ0) is 13.8. The van der Waals surface area contributed by atoms with Gasteiger partial charge < -0.3 is 0 Å². The SMILES string of the molecule is O=C(CSC1CCCCC1)c1cnc2ccccc2c1. The van der Waals surface area contributed by atoms with Crippen molar-refractivity contribution in [3.8, 4) is 0 Å². The van der Waals surface area contributed by atoms with Crippen molar-refractivity contribution in [1.29, 1.82) is 0 Å². The second-order valence-electron chi connectivity index (χ2n) is 5.41. The second-order valence-corrected chi connectivity index (χ2v) is 6.70. The number of rotatable bonds is 4. The Morgan fingerprint density at radius 2 is 2.00 bits per heavy atom. The summed E-state index contributed by atoms with van der Waals surface area (Å²) in [5, 5.41) is 1.72. The number of fused-ring (bicyclic) bond motifs is 1. The van der Waals surface area contributed by atoms with Gasteiger partial charge in [-0.2, -0.15) is 11.8 Å². The topological polar surface area (TPSA) is 30.0 Å². The van der Waals surface area contributed by atoms with Gasteiger partial charge in [0.25, 0.3) is 0 Å². The van der Waals surface area contributed by atoms with Crippen LogP contribution in [0.2, 0.25) is 0 Å². The molecule has 1 aliphatic carbocycles. The molecule has 20 heavy (non-hydrogen) atoms. The molecule has 0 unspecified atom stereocenters. The highest BCUT2D eigenvalue weighted by atomic mass is 32.2. The molecule has 104 valence electrons. The lowest BCUT2D eigenvalue weighted by atomic mass is 10.0. The summed E-state index contributed by atoms with van der Waals surface area (Å²) in [6.07, 6.45) is 8.26. The van der Waals surface area contributed by atoms with E-state index in [1.807, 2.05) is 42.1 Å². The van der Waals surface area contributed by atoms with Crippen LogP contribution in [0.1, 0.15) is 42.5 Å². The Hall–Kier alpha value is -1.35. The minimum Gasteiger partial charge on any atom is -0.293 e. The number of aromatic nitrogens is 1. The molecule has 0 aliphatic heterocycles. The van der Waals surface area contributed by atoms with Crippen LogP contribution in [-0.2, 0) is 0 Å². The lowest BCUT2D eigenvalue weighted by molar-refractivity contribution is 0.102. The van der Waals surface area contributed by atoms with E-state index in [2.05, 4.69) is 4.98 Å². The van der Waals surface area contributed by atoms with Crippen molar-refractivity contribution in [2.24, 2.45) is 0 Å². The van der Waals surface area contributed by atoms with Crippen molar-refractivity contribution in [3.63, 3.8) is 0 Å². The van der Waals surface area contributed by atoms with Crippen molar-refractivity contribution >= 4 is 28.4 Å². The molecule has 1 aromatic carbocycles. The lowest BCUT2D eigenvalue weighted by Crippen LogP contribution is -2.12. The molecule has 0 bridgehead atoms. The summed E-state index contributed by atoms with van der Waals surface area (Å²) in [7, 11) is 0. The summed E-state index contributed by atoms with van der Waals surface area (Å²) in [6.45, 7) is 0. The van der Waals surface area contributed by atoms with E-state index in [1.165, 1.54) is 32.1 Å². The lowest BCUT2D eigenvalue weighted by Gasteiger charge is -2.20. The highest BCUT2D eigenvalue weighted by Crippen LogP contribution is 2.28. The van der Waals surface area contributed by atoms with Crippen LogP contribution in [0.25, 0.3) is 10.9 Å². The number of pyridine rings is 1. The average molecular weight is 285 g/mol. The number of benzene rings is 1. The van der Waals surface area contributed by atoms with E-state index in [9.17, 15) is 4.79 Å². The molecule has 0 N–H and O–H groups in total. The van der Waals surface area contributed by atoms with Gasteiger partial charge in [-0.3, -0.25) is 9.78 Å². The smallest absolute Gasteiger partial charge is 0.174 e. The first-order chi connectivity index (χ1) is 9.83. The predicted octanol–water partition coefficient (Wildman–Crippen LogP) is 4.48. The van der Waals surface area contributed by atoms with Gasteiger partial charge in [-0.1, -0.05) is 37.5 Å². The minimum atomic E-state index is 0.207. The molecule has 1 heterocycles. The fourth-order valence-corrected chi connectivity index (χ4v) is 3.95. The third-order valence-corrected chi connectivity index (χ3v) is 5.29. The van der Waals surface area contributed by atoms with Gasteiger partial charge in [-0.05, 0) is 25.0 Å². The number of nitrogens with zero attached hydrogens (tertiary/aromatic N) is 1. The van der Waals surface area contributed by atoms with Gasteiger partial charge in [-0.25, -0.2) is 0 Å². The van der Waals surface area contributed by atoms with Crippen molar-refractivity contribution in [1.82, 2.24) is 4.98 Å². The molecule has 0 atom stereocenters. The normalized spacial score (nSPS) is 16.4. The summed E-state index contributed by atoms with van der Waals surface area (Å²) >= 11 is 1.83. The van der Waals surface area contributed by atoms with Crippen LogP contribution in [0.4, 0.5) is 0 Å². The van der Waals surface area contributed by atoms with E-state index < -0.39 is 0 Å². The Kier molecular flexibility index (Phi) is 4.36. The number of hydrogen-bond donors (Lipinski definition) is 0. The monoisotopic (exact) mass is 285 g/mol. The van der Waals surface area contributed by atoms with E-state index in [1.54, 1.807) is 6.20 Å². The van der Waals surface area contributed by atoms with Gasteiger partial charge in [0.15, 0.2) is 5.78 Å². The molecule has 1 fully saturated rings. The number of ketones is 1. The van der Waals surface area contributed by atoms with Crippen LogP contribution in [-0.4, -0.2) is 21.8 Å². The quantitative estimate of drug-likeness (QED) is 0.776. The van der Waals surface area contributed by atoms with Gasteiger partial charge in [0, 0.05) is 22.4 Å². The number of Topliss-reactive ketones (excluding diaryl/α,β-unsaturated/α-hetero) is 1. The predicted molar refractivity (Wildman–Crippen MR) is 85.4 cm³/mol. The first kappa shape index (κ1) is 13.6. The molecule has 2 aromatic rings. The Balaban J connectivity index is 1.65. The minimum absolute atomic E-state index is 0.207. The maximum Gasteiger partial charge on any atom is 0.174 e. The summed E-state index contributed by atoms with van der Waals surface area (Å²) in [4.78, 5) is 16.6. The fourth-order valence-electron chi connectivity index (χ4n) is 2.73. The summed E-state index contributed by atoms with van der Waals surface area (Å²) in [5.74, 6) is 0.795. The highest BCUT2D eigenvalue weighted by molar-refractivity contribution is 8.00. The molecule has 3 heteroatoms. The number of hydrogen-bond acceptors (Lipinski definition) is 3. The molecule has 0 radical (unpaired) electrons. The molecule has 1 aromatic heterocycles. The van der Waals surface area contributed by atoms with Crippen molar-refractivity contribution in [2.75, 3.05) is 5.75 Å². The molecule has 0 amide bonds. The Morgan fingerprint density at radius 3 is 2.85 bits per heavy atom. The van der Waals surface area contributed by atoms with E-state index in [-0.39, 0.29) is 5.78 Å². The molecule has 3 rings (SSSR count). The number of thioether (sulfide) groups is 1. The summed E-state index contributed by atoms with van der Waals surface area (Å²) in [6, 6.07) is 9.89. The maximum absolute atomic E-state index is 12.3. The van der Waals surface area contributed by atoms with E-state index in [0.29, 0.717) is 11.0 Å². The fraction of sp³-hybridized carbons (Fsp3) is 0.412. The van der Waals surface area contributed by atoms with E-state index in [4.69, 9.17) is 0 Å². The Labute approximate surface area is 124 Å². The summed E-state index contributed by atoms with van der Waals surface area (Å²) < 4.78 is 0. The highest BCUT2D eigenvalue weighted by Gasteiger charge is 2.16. The van der Waals surface area contributed by atoms with E-state index in [0.717, 1.165) is 16.5 Å². The third kappa shape index (κ3) is 3.21. The Morgan fingerprint density at radius 1 is 1.20 bits per heavy atom. The third-order valence-electron chi connectivity index (χ3n) is 3.91. The van der Waals surface area contributed by atoms with Gasteiger partial charge >= 0.3 is 0 Å². The van der Waals surface area contributed by atoms with Crippen molar-refractivity contribution < 1.29 is 4.79 Å². The van der Waals surface area contributed by atoms with Gasteiger partial charge in [0.1, 0.15) is 0 Å². The Bertz CT molecular complexity index is 605. The molecular formula is C17H19NOS. The molecule has 0 saturated heterocycles. The first-order valence-electron chi connectivity index (χ1n) is 7.32. The standard InChI is InChI=1S/C17H19NOS/c19-17(12-20-15-7-2-1-3-8-15)14-10-13-6-4-5-9-16(13)18-11-14/h4-6,9-11,15H,1-3,7-8,12H2. The van der Waals surface area contributed by atoms with E-state index >= 15 is 0 Å². The zero-order valence-electron chi connectivity index (χ0n) is 11.5. The molecule has 1 saturated carbocycles. The van der Waals surface area contributed by atoms with Crippen molar-refractivity contribution in [2.45, 2.75) is 37.4 Å². The number of para-hydroxylation sites is 1. The number of carbonyl (C=O) groups excluding carboxylic acids is 1. The summed E-state index contributed by atoms with van der Waals surface area (Å²) in [5.41, 5.74) is 1.69. The van der Waals surface area contributed by atoms with Gasteiger partial charge in [-0.15, -0.1) is 0 Å². The molecular weight excluding hydrogens is 266 g/mol. The zero-order valence-corrected chi connectivity index (χ0v) is 12.4. The van der Waals surface area contributed by atoms with Crippen LogP contribution >= 0.6 is 11.8 Å². The van der Waals surface area contributed by atoms with Crippen LogP contribution in [0.5, 0.6) is 0 Å². The van der Waals surface area contributed by atoms with Crippen LogP contribution in [0.15, 0.2) is 36.5 Å². The van der Waals surface area contributed by atoms with Crippen LogP contribution in [0, 0.1) is 0 Å². The average Bonchev–Trinajstić information content (AvgIpc) is 2.53. The molecule has 1 aliphatic rings. The van der Waals surface area contributed by atoms with Crippen LogP contribution in [0.3, 0.4) is 0 Å². The molecule has 0 spiro atoms. The molecule has 2 nitrogen and oxygen atoms in total. The first-order valence-corrected chi connectivity index (χ1v) is 8.37.